The van der Waals surface area contributed by atoms with Crippen LogP contribution in [0, 0.1) is 11.8 Å². The maximum absolute atomic E-state index is 13.1. The van der Waals surface area contributed by atoms with Gasteiger partial charge >= 0.3 is 5.97 Å². The van der Waals surface area contributed by atoms with Crippen LogP contribution in [0.2, 0.25) is 0 Å². The Morgan fingerprint density at radius 3 is 1.88 bits per heavy atom. The highest BCUT2D eigenvalue weighted by molar-refractivity contribution is 5.94. The Morgan fingerprint density at radius 1 is 0.853 bits per heavy atom. The van der Waals surface area contributed by atoms with E-state index < -0.39 is 54.0 Å². The van der Waals surface area contributed by atoms with Crippen LogP contribution in [-0.2, 0) is 25.6 Å². The number of nitrogens with one attached hydrogen (secondary N) is 3. The average Bonchev–Trinajstić information content (AvgIpc) is 2.75. The SMILES string of the molecule is CC(C)CC(NC(=O)C(NC(=O)C(Cc1ccccc1)NC(=O)C(N)C(C)C)C(C)O)C(=O)O. The van der Waals surface area contributed by atoms with Crippen LogP contribution in [-0.4, -0.2) is 64.2 Å². The first kappa shape index (κ1) is 29.1. The molecule has 34 heavy (non-hydrogen) atoms. The predicted octanol–water partition coefficient (Wildman–Crippen LogP) is 0.178. The number of amides is 3. The summed E-state index contributed by atoms with van der Waals surface area (Å²) in [6.07, 6.45) is -1.01. The number of hydrogen-bond acceptors (Lipinski definition) is 6. The van der Waals surface area contributed by atoms with Crippen LogP contribution in [0.15, 0.2) is 30.3 Å². The third-order valence-electron chi connectivity index (χ3n) is 5.32. The highest BCUT2D eigenvalue weighted by atomic mass is 16.4. The van der Waals surface area contributed by atoms with Crippen LogP contribution in [0.3, 0.4) is 0 Å². The minimum absolute atomic E-state index is 0.00313. The Morgan fingerprint density at radius 2 is 1.41 bits per heavy atom. The van der Waals surface area contributed by atoms with Gasteiger partial charge < -0.3 is 31.9 Å². The molecule has 0 bridgehead atoms. The van der Waals surface area contributed by atoms with Gasteiger partial charge in [0.25, 0.3) is 0 Å². The maximum atomic E-state index is 13.1. The molecule has 1 rings (SSSR count). The first-order valence-electron chi connectivity index (χ1n) is 11.4. The van der Waals surface area contributed by atoms with Gasteiger partial charge in [-0.15, -0.1) is 0 Å². The maximum Gasteiger partial charge on any atom is 0.326 e. The van der Waals surface area contributed by atoms with E-state index in [1.165, 1.54) is 6.92 Å². The Bertz CT molecular complexity index is 828. The predicted molar refractivity (Wildman–Crippen MR) is 128 cm³/mol. The topological polar surface area (TPSA) is 171 Å². The van der Waals surface area contributed by atoms with Crippen LogP contribution in [0.4, 0.5) is 0 Å². The van der Waals surface area contributed by atoms with E-state index in [1.807, 2.05) is 19.9 Å². The number of nitrogens with two attached hydrogens (primary N) is 1. The fourth-order valence-corrected chi connectivity index (χ4v) is 3.24. The number of aliphatic hydroxyl groups is 1. The number of aliphatic carboxylic acids is 1. The molecular weight excluding hydrogens is 440 g/mol. The number of rotatable bonds is 13. The smallest absolute Gasteiger partial charge is 0.326 e. The van der Waals surface area contributed by atoms with Gasteiger partial charge in [-0.05, 0) is 30.7 Å². The molecule has 0 aliphatic heterocycles. The average molecular weight is 479 g/mol. The second kappa shape index (κ2) is 13.7. The quantitative estimate of drug-likeness (QED) is 0.235. The monoisotopic (exact) mass is 478 g/mol. The summed E-state index contributed by atoms with van der Waals surface area (Å²) in [4.78, 5) is 49.9. The number of carboxylic acids is 1. The lowest BCUT2D eigenvalue weighted by Gasteiger charge is -2.27. The lowest BCUT2D eigenvalue weighted by atomic mass is 10.0. The molecule has 7 N–H and O–H groups in total. The highest BCUT2D eigenvalue weighted by Gasteiger charge is 2.33. The molecule has 0 spiro atoms. The largest absolute Gasteiger partial charge is 0.480 e. The number of carbonyl (C=O) groups is 4. The number of hydrogen-bond donors (Lipinski definition) is 6. The van der Waals surface area contributed by atoms with Gasteiger partial charge in [-0.1, -0.05) is 58.0 Å². The molecule has 5 unspecified atom stereocenters. The second-order valence-corrected chi connectivity index (χ2v) is 9.28. The van der Waals surface area contributed by atoms with Crippen molar-refractivity contribution in [3.8, 4) is 0 Å². The molecule has 0 saturated carbocycles. The van der Waals surface area contributed by atoms with E-state index in [0.717, 1.165) is 5.56 Å². The molecule has 3 amide bonds. The van der Waals surface area contributed by atoms with Gasteiger partial charge in [0.1, 0.15) is 18.1 Å². The summed E-state index contributed by atoms with van der Waals surface area (Å²) in [6.45, 7) is 8.49. The first-order valence-corrected chi connectivity index (χ1v) is 11.4. The van der Waals surface area contributed by atoms with Crippen molar-refractivity contribution in [1.82, 2.24) is 16.0 Å². The van der Waals surface area contributed by atoms with E-state index in [9.17, 15) is 29.4 Å². The number of carbonyl (C=O) groups excluding carboxylic acids is 3. The van der Waals surface area contributed by atoms with Crippen LogP contribution in [0.25, 0.3) is 0 Å². The standard InChI is InChI=1S/C24H38N4O6/c1-13(2)11-18(24(33)34)27-23(32)20(15(5)29)28-21(30)17(12-16-9-7-6-8-10-16)26-22(31)19(25)14(3)4/h6-10,13-15,17-20,29H,11-12,25H2,1-5H3,(H,26,31)(H,27,32)(H,28,30)(H,33,34). The van der Waals surface area contributed by atoms with Crippen molar-refractivity contribution in [2.45, 2.75) is 77.7 Å². The van der Waals surface area contributed by atoms with E-state index in [-0.39, 0.29) is 24.7 Å². The van der Waals surface area contributed by atoms with E-state index in [0.29, 0.717) is 0 Å². The lowest BCUT2D eigenvalue weighted by molar-refractivity contribution is -0.143. The Labute approximate surface area is 200 Å². The van der Waals surface area contributed by atoms with Gasteiger partial charge in [0.05, 0.1) is 12.1 Å². The molecular formula is C24H38N4O6. The van der Waals surface area contributed by atoms with Crippen molar-refractivity contribution in [2.75, 3.05) is 0 Å². The fourth-order valence-electron chi connectivity index (χ4n) is 3.24. The molecule has 0 heterocycles. The van der Waals surface area contributed by atoms with Gasteiger partial charge in [-0.25, -0.2) is 4.79 Å². The van der Waals surface area contributed by atoms with Crippen molar-refractivity contribution in [3.63, 3.8) is 0 Å². The fraction of sp³-hybridized carbons (Fsp3) is 0.583. The van der Waals surface area contributed by atoms with Crippen molar-refractivity contribution >= 4 is 23.7 Å². The molecule has 0 aliphatic rings. The van der Waals surface area contributed by atoms with Crippen LogP contribution in [0.5, 0.6) is 0 Å². The molecule has 0 saturated heterocycles. The summed E-state index contributed by atoms with van der Waals surface area (Å²) in [5.41, 5.74) is 6.68. The van der Waals surface area contributed by atoms with Crippen molar-refractivity contribution in [1.29, 1.82) is 0 Å². The molecule has 5 atom stereocenters. The molecule has 0 aromatic heterocycles. The molecule has 1 aromatic rings. The minimum Gasteiger partial charge on any atom is -0.480 e. The van der Waals surface area contributed by atoms with E-state index in [2.05, 4.69) is 16.0 Å². The summed E-state index contributed by atoms with van der Waals surface area (Å²) in [6, 6.07) is 4.47. The third kappa shape index (κ3) is 9.48. The zero-order valence-electron chi connectivity index (χ0n) is 20.4. The number of aliphatic hydroxyl groups excluding tert-OH is 1. The van der Waals surface area contributed by atoms with Crippen LogP contribution >= 0.6 is 0 Å². The van der Waals surface area contributed by atoms with Crippen LogP contribution in [0.1, 0.15) is 46.6 Å². The molecule has 10 heteroatoms. The summed E-state index contributed by atoms with van der Waals surface area (Å²) in [5.74, 6) is -3.44. The molecule has 1 aromatic carbocycles. The van der Waals surface area contributed by atoms with Crippen LogP contribution < -0.4 is 21.7 Å². The molecule has 0 fully saturated rings. The minimum atomic E-state index is -1.42. The zero-order chi connectivity index (χ0) is 26.0. The van der Waals surface area contributed by atoms with Gasteiger partial charge in [0.2, 0.25) is 17.7 Å². The molecule has 0 radical (unpaired) electrons. The molecule has 190 valence electrons. The van der Waals surface area contributed by atoms with Gasteiger partial charge in [0, 0.05) is 6.42 Å². The van der Waals surface area contributed by atoms with E-state index in [1.54, 1.807) is 38.1 Å². The third-order valence-corrected chi connectivity index (χ3v) is 5.32. The Hall–Kier alpha value is -2.98. The summed E-state index contributed by atoms with van der Waals surface area (Å²) < 4.78 is 0. The number of benzene rings is 1. The summed E-state index contributed by atoms with van der Waals surface area (Å²) >= 11 is 0. The van der Waals surface area contributed by atoms with Crippen molar-refractivity contribution < 1.29 is 29.4 Å². The Balaban J connectivity index is 3.07. The lowest BCUT2D eigenvalue weighted by Crippen LogP contribution is -2.60. The molecule has 10 nitrogen and oxygen atoms in total. The summed E-state index contributed by atoms with van der Waals surface area (Å²) in [7, 11) is 0. The molecule has 0 aliphatic carbocycles. The van der Waals surface area contributed by atoms with Crippen molar-refractivity contribution in [2.24, 2.45) is 17.6 Å². The first-order chi connectivity index (χ1) is 15.8. The van der Waals surface area contributed by atoms with Crippen molar-refractivity contribution in [3.05, 3.63) is 35.9 Å². The van der Waals surface area contributed by atoms with Gasteiger partial charge in [0.15, 0.2) is 0 Å². The van der Waals surface area contributed by atoms with Gasteiger partial charge in [-0.3, -0.25) is 14.4 Å². The zero-order valence-corrected chi connectivity index (χ0v) is 20.4. The van der Waals surface area contributed by atoms with E-state index >= 15 is 0 Å². The van der Waals surface area contributed by atoms with E-state index in [4.69, 9.17) is 5.73 Å². The summed E-state index contributed by atoms with van der Waals surface area (Å²) in [5, 5.41) is 27.0. The number of carboxylic acid groups (broad SMARTS) is 1. The Kier molecular flexibility index (Phi) is 11.7. The normalized spacial score (nSPS) is 15.7. The highest BCUT2D eigenvalue weighted by Crippen LogP contribution is 2.08. The van der Waals surface area contributed by atoms with Gasteiger partial charge in [-0.2, -0.15) is 0 Å². The second-order valence-electron chi connectivity index (χ2n) is 9.28.